The first-order valence-electron chi connectivity index (χ1n) is 17.9. The van der Waals surface area contributed by atoms with Crippen LogP contribution in [0.1, 0.15) is 58.2 Å². The van der Waals surface area contributed by atoms with E-state index in [9.17, 15) is 18.0 Å². The van der Waals surface area contributed by atoms with Crippen molar-refractivity contribution in [3.8, 4) is 11.5 Å². The fraction of sp³-hybridized carbons (Fsp3) is 0.487. The fourth-order valence-electron chi connectivity index (χ4n) is 4.26. The number of hydrogen-bond acceptors (Lipinski definition) is 12. The number of rotatable bonds is 20. The van der Waals surface area contributed by atoms with Gasteiger partial charge in [0.15, 0.2) is 0 Å². The summed E-state index contributed by atoms with van der Waals surface area (Å²) >= 11 is 0. The molecule has 0 heterocycles. The summed E-state index contributed by atoms with van der Waals surface area (Å²) in [4.78, 5) is 27.8. The SMILES string of the molecule is CC(C)(C)OC(=O)Cc1ccc(OCCOCCN=[N+]=[N-])cc1.Cc1ccc(S(=O)(=O)OCCOCCOc2ccc(CC(=O)OC(C)(C)C)cc2)cc1.[N-]=[N+]=[N-].[Na+]. The third kappa shape index (κ3) is 27.3. The molecule has 0 N–H and O–H groups in total. The van der Waals surface area contributed by atoms with E-state index in [-0.39, 0.29) is 79.1 Å². The second kappa shape index (κ2) is 29.0. The van der Waals surface area contributed by atoms with E-state index in [0.29, 0.717) is 44.5 Å². The molecule has 3 aromatic rings. The second-order valence-corrected chi connectivity index (χ2v) is 15.5. The largest absolute Gasteiger partial charge is 1.00 e. The Balaban J connectivity index is 0.00000107. The van der Waals surface area contributed by atoms with Crippen LogP contribution in [0.4, 0.5) is 0 Å². The third-order valence-corrected chi connectivity index (χ3v) is 7.88. The van der Waals surface area contributed by atoms with Crippen LogP contribution in [0.5, 0.6) is 11.5 Å². The van der Waals surface area contributed by atoms with Gasteiger partial charge in [-0.2, -0.15) is 8.42 Å². The van der Waals surface area contributed by atoms with Gasteiger partial charge in [-0.3, -0.25) is 18.7 Å². The van der Waals surface area contributed by atoms with Crippen molar-refractivity contribution in [1.29, 1.82) is 0 Å². The average Bonchev–Trinajstić information content (AvgIpc) is 3.11. The molecule has 0 bridgehead atoms. The first-order chi connectivity index (χ1) is 26.9. The Hall–Kier alpha value is -4.35. The Bertz CT molecular complexity index is 1820. The summed E-state index contributed by atoms with van der Waals surface area (Å²) in [6.45, 7) is 15.1. The summed E-state index contributed by atoms with van der Waals surface area (Å²) in [6, 6.07) is 20.9. The molecule has 0 radical (unpaired) electrons. The molecule has 0 fully saturated rings. The number of carbonyl (C=O) groups is 2. The predicted molar refractivity (Wildman–Crippen MR) is 213 cm³/mol. The van der Waals surface area contributed by atoms with Crippen LogP contribution in [0.15, 0.2) is 82.8 Å². The van der Waals surface area contributed by atoms with Crippen LogP contribution < -0.4 is 39.0 Å². The standard InChI is InChI=1S/C23H30O7S.C16H23N3O4.N3.Na/c1-18-5-11-21(12-6-18)31(25,26)29-16-14-27-13-15-28-20-9-7-19(8-10-20)17-22(24)30-23(2,3)4;1-16(2,3)23-15(20)12-13-4-6-14(7-5-13)22-11-10-21-9-8-18-19-17;1-3-2;/h5-12H,13-17H2,1-4H3;4-7H,8-12H2,1-3H3;;/q;;-1;+1. The summed E-state index contributed by atoms with van der Waals surface area (Å²) in [7, 11) is -3.78. The number of esters is 2. The van der Waals surface area contributed by atoms with Crippen LogP contribution in [-0.4, -0.2) is 84.4 Å². The molecule has 312 valence electrons. The summed E-state index contributed by atoms with van der Waals surface area (Å²) in [6.07, 6.45) is 0.437. The van der Waals surface area contributed by atoms with Crippen molar-refractivity contribution in [2.75, 3.05) is 52.8 Å². The minimum atomic E-state index is -3.78. The van der Waals surface area contributed by atoms with Crippen molar-refractivity contribution in [3.05, 3.63) is 116 Å². The molecule has 3 aromatic carbocycles. The average molecular weight is 837 g/mol. The van der Waals surface area contributed by atoms with Gasteiger partial charge in [0.05, 0.1) is 50.8 Å². The van der Waals surface area contributed by atoms with Crippen molar-refractivity contribution in [3.63, 3.8) is 0 Å². The molecule has 3 rings (SSSR count). The van der Waals surface area contributed by atoms with Gasteiger partial charge in [-0.05, 0) is 102 Å². The van der Waals surface area contributed by atoms with Gasteiger partial charge in [0.2, 0.25) is 0 Å². The van der Waals surface area contributed by atoms with Gasteiger partial charge in [-0.15, -0.1) is 0 Å². The van der Waals surface area contributed by atoms with Crippen LogP contribution in [0.3, 0.4) is 0 Å². The monoisotopic (exact) mass is 836 g/mol. The molecule has 58 heavy (non-hydrogen) atoms. The number of carbonyl (C=O) groups excluding carboxylic acids is 2. The van der Waals surface area contributed by atoms with Crippen molar-refractivity contribution >= 4 is 22.1 Å². The molecule has 0 aromatic heterocycles. The molecule has 0 amide bonds. The minimum absolute atomic E-state index is 0. The molecule has 0 aliphatic heterocycles. The zero-order valence-electron chi connectivity index (χ0n) is 34.6. The zero-order chi connectivity index (χ0) is 42.7. The van der Waals surface area contributed by atoms with Crippen molar-refractivity contribution in [1.82, 2.24) is 0 Å². The number of ether oxygens (including phenoxy) is 6. The quantitative estimate of drug-likeness (QED) is 0.0284. The maximum atomic E-state index is 12.0. The van der Waals surface area contributed by atoms with E-state index in [0.717, 1.165) is 16.7 Å². The molecule has 0 atom stereocenters. The number of benzene rings is 3. The molecule has 0 saturated heterocycles. The van der Waals surface area contributed by atoms with E-state index < -0.39 is 21.3 Å². The van der Waals surface area contributed by atoms with E-state index in [1.165, 1.54) is 17.0 Å². The maximum absolute atomic E-state index is 12.0. The molecule has 0 saturated carbocycles. The molecular weight excluding hydrogens is 784 g/mol. The van der Waals surface area contributed by atoms with E-state index in [4.69, 9.17) is 49.2 Å². The van der Waals surface area contributed by atoms with Crippen LogP contribution in [0.2, 0.25) is 0 Å². The van der Waals surface area contributed by atoms with Gasteiger partial charge in [0, 0.05) is 11.5 Å². The number of aryl methyl sites for hydroxylation is 1. The predicted octanol–water partition coefficient (Wildman–Crippen LogP) is 4.83. The fourth-order valence-corrected chi connectivity index (χ4v) is 5.16. The van der Waals surface area contributed by atoms with Crippen LogP contribution in [0.25, 0.3) is 26.4 Å². The number of hydrogen-bond donors (Lipinski definition) is 0. The zero-order valence-corrected chi connectivity index (χ0v) is 37.4. The van der Waals surface area contributed by atoms with Crippen LogP contribution in [-0.2, 0) is 55.7 Å². The molecule has 0 aliphatic rings. The van der Waals surface area contributed by atoms with Gasteiger partial charge in [-0.1, -0.05) is 47.1 Å². The van der Waals surface area contributed by atoms with E-state index >= 15 is 0 Å². The Kier molecular flexibility index (Phi) is 26.8. The van der Waals surface area contributed by atoms with Crippen LogP contribution >= 0.6 is 0 Å². The number of azide groups is 1. The Labute approximate surface area is 363 Å². The van der Waals surface area contributed by atoms with Gasteiger partial charge in [0.1, 0.15) is 35.9 Å². The Morgan fingerprint density at radius 1 is 0.621 bits per heavy atom. The van der Waals surface area contributed by atoms with Gasteiger partial charge in [-0.25, -0.2) is 0 Å². The summed E-state index contributed by atoms with van der Waals surface area (Å²) < 4.78 is 61.3. The van der Waals surface area contributed by atoms with Crippen molar-refractivity contribution in [2.45, 2.75) is 77.4 Å². The van der Waals surface area contributed by atoms with Gasteiger partial charge in [0.25, 0.3) is 10.1 Å². The normalized spacial score (nSPS) is 10.7. The first kappa shape index (κ1) is 53.6. The van der Waals surface area contributed by atoms with Gasteiger partial charge >= 0.3 is 41.5 Å². The van der Waals surface area contributed by atoms with E-state index in [1.807, 2.05) is 72.7 Å². The van der Waals surface area contributed by atoms with Crippen molar-refractivity contribution in [2.24, 2.45) is 5.11 Å². The summed E-state index contributed by atoms with van der Waals surface area (Å²) in [5.41, 5.74) is 23.3. The molecule has 19 heteroatoms. The third-order valence-electron chi connectivity index (χ3n) is 6.55. The number of nitrogens with zero attached hydrogens (tertiary/aromatic N) is 6. The first-order valence-corrected chi connectivity index (χ1v) is 19.3. The Morgan fingerprint density at radius 3 is 1.41 bits per heavy atom. The maximum Gasteiger partial charge on any atom is 1.00 e. The summed E-state index contributed by atoms with van der Waals surface area (Å²) in [5, 5.41) is 3.36. The minimum Gasteiger partial charge on any atom is -0.491 e. The Morgan fingerprint density at radius 2 is 1.02 bits per heavy atom. The molecule has 0 unspecified atom stereocenters. The van der Waals surface area contributed by atoms with Crippen molar-refractivity contribution < 1.29 is 80.2 Å². The molecular formula is C39H53N6NaO11S. The van der Waals surface area contributed by atoms with Crippen LogP contribution in [0, 0.1) is 6.92 Å². The van der Waals surface area contributed by atoms with E-state index in [1.54, 1.807) is 36.4 Å². The second-order valence-electron chi connectivity index (χ2n) is 13.9. The topological polar surface area (TPSA) is 240 Å². The molecule has 0 aliphatic carbocycles. The van der Waals surface area contributed by atoms with E-state index in [2.05, 4.69) is 10.0 Å². The smallest absolute Gasteiger partial charge is 0.491 e. The summed E-state index contributed by atoms with van der Waals surface area (Å²) in [5.74, 6) is 0.826. The molecule has 0 spiro atoms. The van der Waals surface area contributed by atoms with Gasteiger partial charge < -0.3 is 39.5 Å². The molecule has 17 nitrogen and oxygen atoms in total.